The Morgan fingerprint density at radius 3 is 2.55 bits per heavy atom. The zero-order valence-electron chi connectivity index (χ0n) is 13.6. The number of hydrogen-bond donors (Lipinski definition) is 2. The van der Waals surface area contributed by atoms with Crippen LogP contribution in [0.15, 0.2) is 10.5 Å². The van der Waals surface area contributed by atoms with E-state index in [1.807, 2.05) is 26.8 Å². The summed E-state index contributed by atoms with van der Waals surface area (Å²) in [6.07, 6.45) is -0.387. The molecule has 4 nitrogen and oxygen atoms in total. The lowest BCUT2D eigenvalue weighted by Crippen LogP contribution is -2.45. The lowest BCUT2D eigenvalue weighted by Gasteiger charge is -2.24. The molecule has 0 saturated carbocycles. The van der Waals surface area contributed by atoms with Gasteiger partial charge in [-0.1, -0.05) is 25.4 Å². The molecule has 1 aromatic heterocycles. The Labute approximate surface area is 150 Å². The van der Waals surface area contributed by atoms with Gasteiger partial charge in [-0.25, -0.2) is 4.79 Å². The third-order valence-electron chi connectivity index (χ3n) is 2.90. The minimum absolute atomic E-state index is 0.159. The van der Waals surface area contributed by atoms with E-state index in [1.54, 1.807) is 11.3 Å². The van der Waals surface area contributed by atoms with Crippen LogP contribution < -0.4 is 10.6 Å². The molecule has 0 fully saturated rings. The summed E-state index contributed by atoms with van der Waals surface area (Å²) >= 11 is 11.0. The SMILES string of the molecule is CC(C)C(CNC(=O)OC(C)(C)C)NCc1cc(Br)c(Cl)s1. The van der Waals surface area contributed by atoms with E-state index >= 15 is 0 Å². The van der Waals surface area contributed by atoms with Gasteiger partial charge in [0.2, 0.25) is 0 Å². The van der Waals surface area contributed by atoms with E-state index in [1.165, 1.54) is 0 Å². The predicted molar refractivity (Wildman–Crippen MR) is 96.7 cm³/mol. The highest BCUT2D eigenvalue weighted by atomic mass is 79.9. The molecule has 126 valence electrons. The molecule has 0 bridgehead atoms. The van der Waals surface area contributed by atoms with Gasteiger partial charge in [0.15, 0.2) is 0 Å². The lowest BCUT2D eigenvalue weighted by atomic mass is 10.0. The van der Waals surface area contributed by atoms with Crippen molar-refractivity contribution in [3.8, 4) is 0 Å². The monoisotopic (exact) mass is 410 g/mol. The highest BCUT2D eigenvalue weighted by Crippen LogP contribution is 2.31. The second-order valence-corrected chi connectivity index (χ2v) is 9.04. The Morgan fingerprint density at radius 2 is 2.09 bits per heavy atom. The maximum atomic E-state index is 11.7. The average Bonchev–Trinajstić information content (AvgIpc) is 2.66. The van der Waals surface area contributed by atoms with Gasteiger partial charge in [0, 0.05) is 28.5 Å². The summed E-state index contributed by atoms with van der Waals surface area (Å²) in [5.41, 5.74) is -0.481. The fourth-order valence-electron chi connectivity index (χ4n) is 1.76. The maximum absolute atomic E-state index is 11.7. The van der Waals surface area contributed by atoms with Crippen LogP contribution in [0.5, 0.6) is 0 Å². The van der Waals surface area contributed by atoms with E-state index in [2.05, 4.69) is 40.4 Å². The van der Waals surface area contributed by atoms with Crippen molar-refractivity contribution in [3.05, 3.63) is 19.8 Å². The summed E-state index contributed by atoms with van der Waals surface area (Å²) in [7, 11) is 0. The first kappa shape index (κ1) is 19.7. The van der Waals surface area contributed by atoms with E-state index in [4.69, 9.17) is 16.3 Å². The van der Waals surface area contributed by atoms with Gasteiger partial charge >= 0.3 is 6.09 Å². The Bertz CT molecular complexity index is 481. The van der Waals surface area contributed by atoms with Crippen LogP contribution in [0.4, 0.5) is 4.79 Å². The normalized spacial score (nSPS) is 13.3. The number of amides is 1. The van der Waals surface area contributed by atoms with Gasteiger partial charge in [0.05, 0.1) is 0 Å². The molecule has 1 atom stereocenters. The van der Waals surface area contributed by atoms with Crippen LogP contribution in [0.3, 0.4) is 0 Å². The van der Waals surface area contributed by atoms with Crippen molar-refractivity contribution >= 4 is 45.0 Å². The standard InChI is InChI=1S/C15H24BrClN2O2S/c1-9(2)12(8-19-14(20)21-15(3,4)5)18-7-10-6-11(16)13(17)22-10/h6,9,12,18H,7-8H2,1-5H3,(H,19,20). The number of rotatable bonds is 6. The molecule has 0 aromatic carbocycles. The van der Waals surface area contributed by atoms with Crippen LogP contribution in [0.2, 0.25) is 4.34 Å². The third kappa shape index (κ3) is 7.31. The molecule has 1 heterocycles. The highest BCUT2D eigenvalue weighted by molar-refractivity contribution is 9.10. The molecular weight excluding hydrogens is 388 g/mol. The Kier molecular flexibility index (Phi) is 7.65. The van der Waals surface area contributed by atoms with Crippen molar-refractivity contribution in [3.63, 3.8) is 0 Å². The number of nitrogens with one attached hydrogen (secondary N) is 2. The fourth-order valence-corrected chi connectivity index (χ4v) is 3.50. The topological polar surface area (TPSA) is 50.4 Å². The molecule has 1 amide bonds. The molecule has 1 rings (SSSR count). The van der Waals surface area contributed by atoms with Crippen LogP contribution in [-0.2, 0) is 11.3 Å². The van der Waals surface area contributed by atoms with Crippen molar-refractivity contribution in [1.29, 1.82) is 0 Å². The lowest BCUT2D eigenvalue weighted by molar-refractivity contribution is 0.0519. The zero-order chi connectivity index (χ0) is 16.9. The number of halogens is 2. The summed E-state index contributed by atoms with van der Waals surface area (Å²) in [4.78, 5) is 12.9. The minimum Gasteiger partial charge on any atom is -0.444 e. The van der Waals surface area contributed by atoms with Crippen molar-refractivity contribution in [1.82, 2.24) is 10.6 Å². The molecule has 1 unspecified atom stereocenters. The van der Waals surface area contributed by atoms with Gasteiger partial charge in [0.1, 0.15) is 9.94 Å². The van der Waals surface area contributed by atoms with Crippen LogP contribution in [0.1, 0.15) is 39.5 Å². The minimum atomic E-state index is -0.481. The number of thiophene rings is 1. The van der Waals surface area contributed by atoms with Gasteiger partial charge < -0.3 is 15.4 Å². The molecule has 22 heavy (non-hydrogen) atoms. The smallest absolute Gasteiger partial charge is 0.407 e. The predicted octanol–water partition coefficient (Wildman–Crippen LogP) is 4.80. The van der Waals surface area contributed by atoms with Gasteiger partial charge in [-0.05, 0) is 48.7 Å². The molecule has 1 aromatic rings. The van der Waals surface area contributed by atoms with Crippen LogP contribution in [0.25, 0.3) is 0 Å². The second-order valence-electron chi connectivity index (χ2n) is 6.45. The van der Waals surface area contributed by atoms with E-state index in [0.29, 0.717) is 12.5 Å². The molecule has 0 aliphatic rings. The molecule has 0 radical (unpaired) electrons. The van der Waals surface area contributed by atoms with Gasteiger partial charge in [-0.2, -0.15) is 0 Å². The molecule has 0 aliphatic carbocycles. The molecule has 0 spiro atoms. The second kappa shape index (κ2) is 8.52. The largest absolute Gasteiger partial charge is 0.444 e. The summed E-state index contributed by atoms with van der Waals surface area (Å²) in [5, 5.41) is 6.27. The quantitative estimate of drug-likeness (QED) is 0.706. The van der Waals surface area contributed by atoms with Gasteiger partial charge in [-0.3, -0.25) is 0 Å². The Balaban J connectivity index is 2.47. The Morgan fingerprint density at radius 1 is 1.45 bits per heavy atom. The summed E-state index contributed by atoms with van der Waals surface area (Å²) in [5.74, 6) is 0.383. The molecular formula is C15H24BrClN2O2S. The van der Waals surface area contributed by atoms with Gasteiger partial charge in [-0.15, -0.1) is 11.3 Å². The number of carbonyl (C=O) groups excluding carboxylic acids is 1. The number of ether oxygens (including phenoxy) is 1. The maximum Gasteiger partial charge on any atom is 0.407 e. The number of alkyl carbamates (subject to hydrolysis) is 1. The first-order valence-corrected chi connectivity index (χ1v) is 9.21. The van der Waals surface area contributed by atoms with E-state index in [-0.39, 0.29) is 12.1 Å². The van der Waals surface area contributed by atoms with Crippen molar-refractivity contribution < 1.29 is 9.53 Å². The molecule has 2 N–H and O–H groups in total. The number of carbonyl (C=O) groups is 1. The summed E-state index contributed by atoms with van der Waals surface area (Å²) < 4.78 is 6.93. The highest BCUT2D eigenvalue weighted by Gasteiger charge is 2.19. The first-order chi connectivity index (χ1) is 10.1. The first-order valence-electron chi connectivity index (χ1n) is 7.22. The zero-order valence-corrected chi connectivity index (χ0v) is 16.8. The third-order valence-corrected chi connectivity index (χ3v) is 5.38. The average molecular weight is 412 g/mol. The van der Waals surface area contributed by atoms with Crippen molar-refractivity contribution in [2.75, 3.05) is 6.54 Å². The molecule has 0 saturated heterocycles. The summed E-state index contributed by atoms with van der Waals surface area (Å²) in [6, 6.07) is 2.17. The van der Waals surface area contributed by atoms with E-state index in [0.717, 1.165) is 20.2 Å². The van der Waals surface area contributed by atoms with Crippen molar-refractivity contribution in [2.45, 2.75) is 52.8 Å². The van der Waals surface area contributed by atoms with Crippen LogP contribution in [-0.4, -0.2) is 24.3 Å². The summed E-state index contributed by atoms with van der Waals surface area (Å²) in [6.45, 7) is 11.0. The van der Waals surface area contributed by atoms with Gasteiger partial charge in [0.25, 0.3) is 0 Å². The van der Waals surface area contributed by atoms with Crippen LogP contribution >= 0.6 is 38.9 Å². The Hall–Kier alpha value is -0.300. The molecule has 7 heteroatoms. The fraction of sp³-hybridized carbons (Fsp3) is 0.667. The van der Waals surface area contributed by atoms with Crippen molar-refractivity contribution in [2.24, 2.45) is 5.92 Å². The van der Waals surface area contributed by atoms with Crippen LogP contribution in [0, 0.1) is 5.92 Å². The van der Waals surface area contributed by atoms with E-state index < -0.39 is 5.60 Å². The number of hydrogen-bond acceptors (Lipinski definition) is 4. The van der Waals surface area contributed by atoms with E-state index in [9.17, 15) is 4.79 Å². The molecule has 0 aliphatic heterocycles.